The van der Waals surface area contributed by atoms with Gasteiger partial charge in [0.2, 0.25) is 5.91 Å². The first-order chi connectivity index (χ1) is 5.61. The summed E-state index contributed by atoms with van der Waals surface area (Å²) in [5.74, 6) is 0.457. The molecule has 70 valence electrons. The molecular weight excluding hydrogens is 152 g/mol. The molecule has 1 rings (SSSR count). The van der Waals surface area contributed by atoms with E-state index in [0.717, 1.165) is 25.9 Å². The van der Waals surface area contributed by atoms with Crippen LogP contribution in [0.25, 0.3) is 0 Å². The Bertz CT molecular complexity index is 168. The zero-order valence-electron chi connectivity index (χ0n) is 7.92. The normalized spacial score (nSPS) is 25.1. The van der Waals surface area contributed by atoms with Crippen molar-refractivity contribution in [3.8, 4) is 0 Å². The zero-order valence-corrected chi connectivity index (χ0v) is 7.92. The van der Waals surface area contributed by atoms with E-state index in [1.165, 1.54) is 0 Å². The minimum absolute atomic E-state index is 0.00685. The van der Waals surface area contributed by atoms with Crippen molar-refractivity contribution >= 4 is 5.91 Å². The Morgan fingerprint density at radius 3 is 2.83 bits per heavy atom. The number of amides is 1. The third kappa shape index (κ3) is 2.21. The molecule has 1 aliphatic heterocycles. The highest BCUT2D eigenvalue weighted by Gasteiger charge is 2.28. The highest BCUT2D eigenvalue weighted by atomic mass is 16.1. The number of likely N-dealkylation sites (tertiary alicyclic amines) is 1. The largest absolute Gasteiger partial charge is 0.368 e. The second-order valence-corrected chi connectivity index (χ2v) is 3.95. The molecule has 0 aliphatic carbocycles. The van der Waals surface area contributed by atoms with Crippen molar-refractivity contribution in [1.82, 2.24) is 4.90 Å². The fourth-order valence-electron chi connectivity index (χ4n) is 1.84. The van der Waals surface area contributed by atoms with E-state index in [9.17, 15) is 4.79 Å². The lowest BCUT2D eigenvalue weighted by molar-refractivity contribution is -0.122. The van der Waals surface area contributed by atoms with Gasteiger partial charge in [-0.3, -0.25) is 9.69 Å². The Kier molecular flexibility index (Phi) is 3.09. The molecule has 1 unspecified atom stereocenters. The molecule has 0 saturated carbocycles. The van der Waals surface area contributed by atoms with Crippen LogP contribution in [-0.4, -0.2) is 29.9 Å². The van der Waals surface area contributed by atoms with Crippen molar-refractivity contribution in [2.24, 2.45) is 11.7 Å². The molecular formula is C9H18N2O. The van der Waals surface area contributed by atoms with Gasteiger partial charge in [-0.25, -0.2) is 0 Å². The van der Waals surface area contributed by atoms with Gasteiger partial charge >= 0.3 is 0 Å². The smallest absolute Gasteiger partial charge is 0.234 e. The maximum absolute atomic E-state index is 11.0. The summed E-state index contributed by atoms with van der Waals surface area (Å²) in [5.41, 5.74) is 5.28. The van der Waals surface area contributed by atoms with Crippen LogP contribution >= 0.6 is 0 Å². The molecule has 0 aromatic heterocycles. The molecule has 1 aliphatic rings. The van der Waals surface area contributed by atoms with Gasteiger partial charge in [0.15, 0.2) is 0 Å². The Hall–Kier alpha value is -0.570. The first-order valence-electron chi connectivity index (χ1n) is 4.64. The van der Waals surface area contributed by atoms with Crippen molar-refractivity contribution in [2.45, 2.75) is 32.7 Å². The maximum Gasteiger partial charge on any atom is 0.234 e. The first-order valence-corrected chi connectivity index (χ1v) is 4.64. The number of nitrogens with two attached hydrogens (primary N) is 1. The van der Waals surface area contributed by atoms with E-state index in [1.807, 2.05) is 0 Å². The number of hydrogen-bond donors (Lipinski definition) is 1. The molecule has 0 radical (unpaired) electrons. The van der Waals surface area contributed by atoms with Gasteiger partial charge in [0.1, 0.15) is 0 Å². The number of rotatable bonds is 3. The van der Waals surface area contributed by atoms with Crippen LogP contribution in [0.3, 0.4) is 0 Å². The van der Waals surface area contributed by atoms with E-state index in [4.69, 9.17) is 5.73 Å². The van der Waals surface area contributed by atoms with E-state index in [-0.39, 0.29) is 11.9 Å². The van der Waals surface area contributed by atoms with E-state index < -0.39 is 0 Å². The Morgan fingerprint density at radius 1 is 1.67 bits per heavy atom. The third-order valence-electron chi connectivity index (χ3n) is 2.29. The van der Waals surface area contributed by atoms with E-state index in [1.54, 1.807) is 0 Å². The Morgan fingerprint density at radius 2 is 2.33 bits per heavy atom. The monoisotopic (exact) mass is 170 g/mol. The Balaban J connectivity index is 2.46. The van der Waals surface area contributed by atoms with Gasteiger partial charge in [-0.2, -0.15) is 0 Å². The minimum Gasteiger partial charge on any atom is -0.368 e. The summed E-state index contributed by atoms with van der Waals surface area (Å²) >= 11 is 0. The lowest BCUT2D eigenvalue weighted by Crippen LogP contribution is -2.41. The number of carbonyl (C=O) groups excluding carboxylic acids is 1. The molecule has 1 saturated heterocycles. The first kappa shape index (κ1) is 9.52. The van der Waals surface area contributed by atoms with Gasteiger partial charge < -0.3 is 5.73 Å². The summed E-state index contributed by atoms with van der Waals surface area (Å²) in [5, 5.41) is 0. The zero-order chi connectivity index (χ0) is 9.14. The molecule has 2 N–H and O–H groups in total. The van der Waals surface area contributed by atoms with Crippen LogP contribution in [0.5, 0.6) is 0 Å². The Labute approximate surface area is 73.9 Å². The van der Waals surface area contributed by atoms with Crippen LogP contribution in [0.15, 0.2) is 0 Å². The average molecular weight is 170 g/mol. The standard InChI is InChI=1S/C9H18N2O/c1-7(2)6-11-5-3-4-8(11)9(10)12/h7-8H,3-6H2,1-2H3,(H2,10,12). The average Bonchev–Trinajstić information content (AvgIpc) is 2.33. The molecule has 1 fully saturated rings. The van der Waals surface area contributed by atoms with Crippen molar-refractivity contribution < 1.29 is 4.79 Å². The molecule has 0 aromatic carbocycles. The summed E-state index contributed by atoms with van der Waals surface area (Å²) in [4.78, 5) is 13.2. The molecule has 1 heterocycles. The fourth-order valence-corrected chi connectivity index (χ4v) is 1.84. The third-order valence-corrected chi connectivity index (χ3v) is 2.29. The summed E-state index contributed by atoms with van der Waals surface area (Å²) in [7, 11) is 0. The van der Waals surface area contributed by atoms with Gasteiger partial charge in [-0.1, -0.05) is 13.8 Å². The van der Waals surface area contributed by atoms with Crippen molar-refractivity contribution in [3.63, 3.8) is 0 Å². The van der Waals surface area contributed by atoms with E-state index in [0.29, 0.717) is 5.92 Å². The second-order valence-electron chi connectivity index (χ2n) is 3.95. The predicted molar refractivity (Wildman–Crippen MR) is 48.6 cm³/mol. The summed E-state index contributed by atoms with van der Waals surface area (Å²) in [6, 6.07) is 0.00685. The highest BCUT2D eigenvalue weighted by molar-refractivity contribution is 5.80. The minimum atomic E-state index is -0.159. The van der Waals surface area contributed by atoms with Crippen molar-refractivity contribution in [3.05, 3.63) is 0 Å². The number of primary amides is 1. The van der Waals surface area contributed by atoms with Gasteiger partial charge in [-0.15, -0.1) is 0 Å². The van der Waals surface area contributed by atoms with Gasteiger partial charge in [0.25, 0.3) is 0 Å². The topological polar surface area (TPSA) is 46.3 Å². The van der Waals surface area contributed by atoms with Crippen LogP contribution in [0.1, 0.15) is 26.7 Å². The van der Waals surface area contributed by atoms with Crippen LogP contribution < -0.4 is 5.73 Å². The maximum atomic E-state index is 11.0. The number of hydrogen-bond acceptors (Lipinski definition) is 2. The lowest BCUT2D eigenvalue weighted by Gasteiger charge is -2.23. The van der Waals surface area contributed by atoms with Gasteiger partial charge in [0.05, 0.1) is 6.04 Å². The molecule has 1 amide bonds. The van der Waals surface area contributed by atoms with E-state index in [2.05, 4.69) is 18.7 Å². The van der Waals surface area contributed by atoms with Crippen LogP contribution in [0.4, 0.5) is 0 Å². The predicted octanol–water partition coefficient (Wildman–Crippen LogP) is 0.592. The number of nitrogens with zero attached hydrogens (tertiary/aromatic N) is 1. The summed E-state index contributed by atoms with van der Waals surface area (Å²) < 4.78 is 0. The van der Waals surface area contributed by atoms with Crippen LogP contribution in [0, 0.1) is 5.92 Å². The molecule has 0 bridgehead atoms. The SMILES string of the molecule is CC(C)CN1CCCC1C(N)=O. The van der Waals surface area contributed by atoms with Gasteiger partial charge in [-0.05, 0) is 25.3 Å². The lowest BCUT2D eigenvalue weighted by atomic mass is 10.1. The van der Waals surface area contributed by atoms with Crippen LogP contribution in [-0.2, 0) is 4.79 Å². The molecule has 0 aromatic rings. The summed E-state index contributed by atoms with van der Waals surface area (Å²) in [6.45, 7) is 6.35. The molecule has 3 nitrogen and oxygen atoms in total. The highest BCUT2D eigenvalue weighted by Crippen LogP contribution is 2.17. The fraction of sp³-hybridized carbons (Fsp3) is 0.889. The molecule has 0 spiro atoms. The second kappa shape index (κ2) is 3.90. The molecule has 3 heteroatoms. The van der Waals surface area contributed by atoms with Crippen molar-refractivity contribution in [1.29, 1.82) is 0 Å². The molecule has 1 atom stereocenters. The van der Waals surface area contributed by atoms with E-state index >= 15 is 0 Å². The number of carbonyl (C=O) groups is 1. The quantitative estimate of drug-likeness (QED) is 0.674. The van der Waals surface area contributed by atoms with Crippen molar-refractivity contribution in [2.75, 3.05) is 13.1 Å². The molecule has 12 heavy (non-hydrogen) atoms. The van der Waals surface area contributed by atoms with Gasteiger partial charge in [0, 0.05) is 6.54 Å². The summed E-state index contributed by atoms with van der Waals surface area (Å²) in [6.07, 6.45) is 2.06. The van der Waals surface area contributed by atoms with Crippen LogP contribution in [0.2, 0.25) is 0 Å².